The molecule has 32 heavy (non-hydrogen) atoms. The third-order valence-electron chi connectivity index (χ3n) is 6.47. The summed E-state index contributed by atoms with van der Waals surface area (Å²) in [6, 6.07) is 7.68. The predicted molar refractivity (Wildman–Crippen MR) is 126 cm³/mol. The minimum absolute atomic E-state index is 0.328. The number of nitrogens with one attached hydrogen (secondary N) is 2. The van der Waals surface area contributed by atoms with Crippen molar-refractivity contribution >= 4 is 23.2 Å². The van der Waals surface area contributed by atoms with Crippen molar-refractivity contribution in [2.45, 2.75) is 70.5 Å². The van der Waals surface area contributed by atoms with Crippen molar-refractivity contribution in [3.8, 4) is 0 Å². The molecule has 0 aliphatic carbocycles. The molecule has 3 rings (SSSR count). The van der Waals surface area contributed by atoms with E-state index >= 15 is 0 Å². The zero-order chi connectivity index (χ0) is 23.8. The van der Waals surface area contributed by atoms with Crippen molar-refractivity contribution in [2.75, 3.05) is 20.2 Å². The second kappa shape index (κ2) is 11.5. The van der Waals surface area contributed by atoms with E-state index in [1.807, 2.05) is 52.0 Å². The van der Waals surface area contributed by atoms with Gasteiger partial charge in [0.25, 0.3) is 0 Å². The van der Waals surface area contributed by atoms with Crippen LogP contribution < -0.4 is 10.6 Å². The summed E-state index contributed by atoms with van der Waals surface area (Å²) >= 11 is 0. The molecule has 2 aromatic rings. The SMILES string of the molecule is CC.CCCC(C(=O)NC=O)c1cnc2ccc(C3(O)CCNCC3(CC)OC)cc2c1. The van der Waals surface area contributed by atoms with Crippen molar-refractivity contribution in [1.82, 2.24) is 15.6 Å². The van der Waals surface area contributed by atoms with Crippen molar-refractivity contribution in [3.05, 3.63) is 41.6 Å². The van der Waals surface area contributed by atoms with E-state index in [0.717, 1.165) is 28.5 Å². The maximum Gasteiger partial charge on any atom is 0.233 e. The highest BCUT2D eigenvalue weighted by atomic mass is 16.5. The number of hydrogen-bond acceptors (Lipinski definition) is 6. The summed E-state index contributed by atoms with van der Waals surface area (Å²) in [6.45, 7) is 9.28. The molecule has 7 nitrogen and oxygen atoms in total. The van der Waals surface area contributed by atoms with Crippen LogP contribution in [0.15, 0.2) is 30.5 Å². The lowest BCUT2D eigenvalue weighted by molar-refractivity contribution is -0.191. The molecule has 1 aliphatic heterocycles. The van der Waals surface area contributed by atoms with Gasteiger partial charge in [0.2, 0.25) is 12.3 Å². The average Bonchev–Trinajstić information content (AvgIpc) is 2.83. The minimum Gasteiger partial charge on any atom is -0.382 e. The van der Waals surface area contributed by atoms with E-state index in [0.29, 0.717) is 38.8 Å². The Hall–Kier alpha value is -2.35. The molecule has 3 unspecified atom stereocenters. The lowest BCUT2D eigenvalue weighted by Crippen LogP contribution is -2.62. The topological polar surface area (TPSA) is 101 Å². The van der Waals surface area contributed by atoms with E-state index in [9.17, 15) is 14.7 Å². The van der Waals surface area contributed by atoms with Gasteiger partial charge in [-0.05, 0) is 55.1 Å². The molecule has 1 aromatic carbocycles. The zero-order valence-corrected chi connectivity index (χ0v) is 19.9. The van der Waals surface area contributed by atoms with Gasteiger partial charge >= 0.3 is 0 Å². The van der Waals surface area contributed by atoms with Crippen LogP contribution in [-0.4, -0.2) is 48.2 Å². The summed E-state index contributed by atoms with van der Waals surface area (Å²) < 4.78 is 5.85. The fraction of sp³-hybridized carbons (Fsp3) is 0.560. The van der Waals surface area contributed by atoms with Gasteiger partial charge in [0.15, 0.2) is 0 Å². The second-order valence-electron chi connectivity index (χ2n) is 7.98. The number of rotatable bonds is 8. The van der Waals surface area contributed by atoms with Gasteiger partial charge in [0, 0.05) is 25.2 Å². The Morgan fingerprint density at radius 1 is 1.34 bits per heavy atom. The molecule has 2 heterocycles. The van der Waals surface area contributed by atoms with Crippen LogP contribution in [0, 0.1) is 0 Å². The Kier molecular flexibility index (Phi) is 9.31. The normalized spacial score (nSPS) is 23.7. The Bertz CT molecular complexity index is 913. The molecule has 3 N–H and O–H groups in total. The maximum atomic E-state index is 12.4. The number of piperidine rings is 1. The lowest BCUT2D eigenvalue weighted by Gasteiger charge is -2.49. The second-order valence-corrected chi connectivity index (χ2v) is 7.98. The number of aliphatic hydroxyl groups is 1. The summed E-state index contributed by atoms with van der Waals surface area (Å²) in [7, 11) is 1.64. The van der Waals surface area contributed by atoms with Gasteiger partial charge in [-0.3, -0.25) is 19.9 Å². The van der Waals surface area contributed by atoms with Gasteiger partial charge in [0.1, 0.15) is 11.2 Å². The summed E-state index contributed by atoms with van der Waals surface area (Å²) in [5.41, 5.74) is 0.461. The number of pyridine rings is 1. The van der Waals surface area contributed by atoms with Gasteiger partial charge in [-0.25, -0.2) is 0 Å². The summed E-state index contributed by atoms with van der Waals surface area (Å²) in [5, 5.41) is 18.2. The van der Waals surface area contributed by atoms with Gasteiger partial charge < -0.3 is 15.2 Å². The third kappa shape index (κ3) is 4.85. The number of carbonyl (C=O) groups excluding carboxylic acids is 2. The Morgan fingerprint density at radius 2 is 2.09 bits per heavy atom. The molecular formula is C25H37N3O4. The molecule has 0 spiro atoms. The maximum absolute atomic E-state index is 12.4. The van der Waals surface area contributed by atoms with Crippen LogP contribution in [-0.2, 0) is 19.9 Å². The number of amides is 2. The first kappa shape index (κ1) is 25.9. The Balaban J connectivity index is 0.00000176. The van der Waals surface area contributed by atoms with E-state index in [1.54, 1.807) is 13.3 Å². The van der Waals surface area contributed by atoms with Crippen LogP contribution in [0.4, 0.5) is 0 Å². The Labute approximate surface area is 191 Å². The fourth-order valence-electron chi connectivity index (χ4n) is 4.64. The molecule has 1 fully saturated rings. The van der Waals surface area contributed by atoms with Crippen LogP contribution in [0.2, 0.25) is 0 Å². The number of imide groups is 1. The van der Waals surface area contributed by atoms with Crippen molar-refractivity contribution in [2.24, 2.45) is 0 Å². The number of nitrogens with zero attached hydrogens (tertiary/aromatic N) is 1. The van der Waals surface area contributed by atoms with E-state index in [4.69, 9.17) is 4.74 Å². The lowest BCUT2D eigenvalue weighted by atomic mass is 9.71. The largest absolute Gasteiger partial charge is 0.382 e. The van der Waals surface area contributed by atoms with E-state index in [-0.39, 0.29) is 5.91 Å². The van der Waals surface area contributed by atoms with Gasteiger partial charge in [-0.15, -0.1) is 0 Å². The molecule has 1 saturated heterocycles. The van der Waals surface area contributed by atoms with E-state index in [1.165, 1.54) is 0 Å². The first-order valence-electron chi connectivity index (χ1n) is 11.6. The number of methoxy groups -OCH3 is 1. The number of ether oxygens (including phenoxy) is 1. The predicted octanol–water partition coefficient (Wildman–Crippen LogP) is 3.39. The number of hydrogen-bond donors (Lipinski definition) is 3. The summed E-state index contributed by atoms with van der Waals surface area (Å²) in [6.07, 6.45) is 4.72. The number of fused-ring (bicyclic) bond motifs is 1. The van der Waals surface area contributed by atoms with Crippen molar-refractivity contribution < 1.29 is 19.4 Å². The summed E-state index contributed by atoms with van der Waals surface area (Å²) in [4.78, 5) is 27.6. The van der Waals surface area contributed by atoms with Crippen molar-refractivity contribution in [1.29, 1.82) is 0 Å². The molecular weight excluding hydrogens is 406 g/mol. The molecule has 1 aliphatic rings. The smallest absolute Gasteiger partial charge is 0.233 e. The van der Waals surface area contributed by atoms with Crippen molar-refractivity contribution in [3.63, 3.8) is 0 Å². The number of benzene rings is 1. The van der Waals surface area contributed by atoms with E-state index in [2.05, 4.69) is 15.6 Å². The number of carbonyl (C=O) groups is 2. The Morgan fingerprint density at radius 3 is 2.72 bits per heavy atom. The first-order chi connectivity index (χ1) is 15.4. The van der Waals surface area contributed by atoms with Gasteiger partial charge in [-0.1, -0.05) is 40.2 Å². The average molecular weight is 444 g/mol. The monoisotopic (exact) mass is 443 g/mol. The van der Waals surface area contributed by atoms with Crippen LogP contribution in [0.3, 0.4) is 0 Å². The fourth-order valence-corrected chi connectivity index (χ4v) is 4.64. The first-order valence-corrected chi connectivity index (χ1v) is 11.6. The highest BCUT2D eigenvalue weighted by Gasteiger charge is 2.52. The standard InChI is InChI=1S/C23H31N3O4.C2H6/c1-4-6-19(21(28)26-15-27)17-11-16-12-18(7-8-20(16)25-13-17)23(29)9-10-24-14-22(23,5-2)30-3;1-2/h7-8,11-13,15,19,24,29H,4-6,9-10,14H2,1-3H3,(H,26,27,28);1-2H3. The molecule has 0 bridgehead atoms. The third-order valence-corrected chi connectivity index (χ3v) is 6.47. The van der Waals surface area contributed by atoms with Crippen LogP contribution in [0.1, 0.15) is 70.4 Å². The van der Waals surface area contributed by atoms with Crippen LogP contribution in [0.25, 0.3) is 10.9 Å². The highest BCUT2D eigenvalue weighted by Crippen LogP contribution is 2.43. The molecule has 176 valence electrons. The van der Waals surface area contributed by atoms with E-state index < -0.39 is 17.1 Å². The van der Waals surface area contributed by atoms with Gasteiger partial charge in [-0.2, -0.15) is 0 Å². The molecule has 2 amide bonds. The number of aromatic nitrogens is 1. The summed E-state index contributed by atoms with van der Waals surface area (Å²) in [5.74, 6) is -0.776. The van der Waals surface area contributed by atoms with Crippen LogP contribution >= 0.6 is 0 Å². The zero-order valence-electron chi connectivity index (χ0n) is 19.9. The van der Waals surface area contributed by atoms with Crippen LogP contribution in [0.5, 0.6) is 0 Å². The highest BCUT2D eigenvalue weighted by molar-refractivity contribution is 5.92. The quantitative estimate of drug-likeness (QED) is 0.541. The molecule has 3 atom stereocenters. The van der Waals surface area contributed by atoms with Gasteiger partial charge in [0.05, 0.1) is 11.4 Å². The molecule has 1 aromatic heterocycles. The molecule has 0 radical (unpaired) electrons. The molecule has 0 saturated carbocycles. The minimum atomic E-state index is -1.14. The molecule has 7 heteroatoms.